The van der Waals surface area contributed by atoms with E-state index in [1.165, 1.54) is 0 Å². The van der Waals surface area contributed by atoms with Gasteiger partial charge in [0.25, 0.3) is 11.7 Å². The Balaban J connectivity index is 1.60. The Morgan fingerprint density at radius 1 is 1.43 bits per heavy atom. The molecule has 3 rings (SSSR count). The summed E-state index contributed by atoms with van der Waals surface area (Å²) in [6.45, 7) is 4.80. The topological polar surface area (TPSA) is 106 Å². The third-order valence-electron chi connectivity index (χ3n) is 3.48. The van der Waals surface area contributed by atoms with Gasteiger partial charge in [-0.1, -0.05) is 5.16 Å². The molecule has 0 spiro atoms. The van der Waals surface area contributed by atoms with Crippen molar-refractivity contribution < 1.29 is 13.7 Å². The van der Waals surface area contributed by atoms with Gasteiger partial charge in [-0.25, -0.2) is 4.98 Å². The van der Waals surface area contributed by atoms with Crippen LogP contribution < -0.4 is 10.6 Å². The van der Waals surface area contributed by atoms with Crippen LogP contribution in [-0.4, -0.2) is 27.6 Å². The van der Waals surface area contributed by atoms with Crippen molar-refractivity contribution in [3.05, 3.63) is 29.1 Å². The Morgan fingerprint density at radius 3 is 2.95 bits per heavy atom. The molecule has 8 nitrogen and oxygen atoms in total. The van der Waals surface area contributed by atoms with Crippen molar-refractivity contribution in [3.63, 3.8) is 0 Å². The number of aromatic nitrogens is 3. The summed E-state index contributed by atoms with van der Waals surface area (Å²) in [5.74, 6) is 1.28. The van der Waals surface area contributed by atoms with Crippen LogP contribution in [0.25, 0.3) is 0 Å². The normalized spacial score (nSPS) is 18.1. The molecule has 1 atom stereocenters. The molecule has 1 unspecified atom stereocenters. The van der Waals surface area contributed by atoms with Gasteiger partial charge in [-0.15, -0.1) is 0 Å². The molecule has 1 fully saturated rings. The minimum absolute atomic E-state index is 0.0266. The average molecular weight is 291 g/mol. The predicted molar refractivity (Wildman–Crippen MR) is 71.4 cm³/mol. The van der Waals surface area contributed by atoms with Crippen LogP contribution in [-0.2, 0) is 6.54 Å². The van der Waals surface area contributed by atoms with E-state index in [1.54, 1.807) is 0 Å². The lowest BCUT2D eigenvalue weighted by Crippen LogP contribution is -2.24. The summed E-state index contributed by atoms with van der Waals surface area (Å²) in [7, 11) is 0. The van der Waals surface area contributed by atoms with E-state index in [-0.39, 0.29) is 18.4 Å². The highest BCUT2D eigenvalue weighted by Crippen LogP contribution is 2.20. The summed E-state index contributed by atoms with van der Waals surface area (Å²) >= 11 is 0. The number of oxazole rings is 1. The van der Waals surface area contributed by atoms with Crippen LogP contribution >= 0.6 is 0 Å². The number of aryl methyl sites for hydroxylation is 2. The first kappa shape index (κ1) is 13.7. The van der Waals surface area contributed by atoms with E-state index in [0.29, 0.717) is 11.8 Å². The van der Waals surface area contributed by atoms with Gasteiger partial charge >= 0.3 is 0 Å². The van der Waals surface area contributed by atoms with E-state index in [9.17, 15) is 4.79 Å². The molecule has 2 aromatic heterocycles. The van der Waals surface area contributed by atoms with Crippen molar-refractivity contribution in [2.75, 3.05) is 6.54 Å². The number of carbonyl (C=O) groups is 1. The average Bonchev–Trinajstić information content (AvgIpc) is 3.17. The van der Waals surface area contributed by atoms with Crippen molar-refractivity contribution >= 4 is 5.91 Å². The van der Waals surface area contributed by atoms with E-state index in [1.807, 2.05) is 13.8 Å². The van der Waals surface area contributed by atoms with Crippen LogP contribution in [0.3, 0.4) is 0 Å². The van der Waals surface area contributed by atoms with Gasteiger partial charge in [0, 0.05) is 0 Å². The second kappa shape index (κ2) is 5.65. The fourth-order valence-corrected chi connectivity index (χ4v) is 2.21. The van der Waals surface area contributed by atoms with Crippen LogP contribution in [0.15, 0.2) is 8.94 Å². The Labute approximate surface area is 121 Å². The first-order chi connectivity index (χ1) is 10.1. The lowest BCUT2D eigenvalue weighted by Gasteiger charge is -2.01. The van der Waals surface area contributed by atoms with Crippen molar-refractivity contribution in [2.45, 2.75) is 39.3 Å². The minimum Gasteiger partial charge on any atom is -0.444 e. The maximum absolute atomic E-state index is 12.0. The van der Waals surface area contributed by atoms with Gasteiger partial charge in [0.2, 0.25) is 11.8 Å². The maximum atomic E-state index is 12.0. The SMILES string of the molecule is Cc1nc(CNC(=O)c2noc(C3CCCN3)n2)oc1C. The fraction of sp³-hybridized carbons (Fsp3) is 0.538. The van der Waals surface area contributed by atoms with Crippen LogP contribution in [0.1, 0.15) is 52.7 Å². The highest BCUT2D eigenvalue weighted by atomic mass is 16.5. The summed E-state index contributed by atoms with van der Waals surface area (Å²) in [6, 6.07) is 0.0519. The second-order valence-electron chi connectivity index (χ2n) is 5.04. The summed E-state index contributed by atoms with van der Waals surface area (Å²) < 4.78 is 10.5. The zero-order valence-electron chi connectivity index (χ0n) is 12.0. The Bertz CT molecular complexity index is 623. The third kappa shape index (κ3) is 2.94. The van der Waals surface area contributed by atoms with E-state index in [2.05, 4.69) is 25.8 Å². The van der Waals surface area contributed by atoms with Gasteiger partial charge in [0.05, 0.1) is 18.3 Å². The van der Waals surface area contributed by atoms with E-state index >= 15 is 0 Å². The molecule has 112 valence electrons. The predicted octanol–water partition coefficient (Wildman–Crippen LogP) is 1.03. The molecule has 0 bridgehead atoms. The molecule has 2 aromatic rings. The number of nitrogens with one attached hydrogen (secondary N) is 2. The zero-order valence-corrected chi connectivity index (χ0v) is 12.0. The number of hydrogen-bond donors (Lipinski definition) is 2. The largest absolute Gasteiger partial charge is 0.444 e. The Morgan fingerprint density at radius 2 is 2.29 bits per heavy atom. The molecule has 8 heteroatoms. The van der Waals surface area contributed by atoms with Crippen molar-refractivity contribution in [3.8, 4) is 0 Å². The highest BCUT2D eigenvalue weighted by molar-refractivity contribution is 5.90. The molecule has 0 saturated carbocycles. The molecule has 21 heavy (non-hydrogen) atoms. The van der Waals surface area contributed by atoms with Crippen molar-refractivity contribution in [1.29, 1.82) is 0 Å². The van der Waals surface area contributed by atoms with Gasteiger partial charge in [0.1, 0.15) is 5.76 Å². The second-order valence-corrected chi connectivity index (χ2v) is 5.04. The standard InChI is InChI=1S/C13H17N5O3/c1-7-8(2)20-10(16-7)6-15-12(19)11-17-13(21-18-11)9-4-3-5-14-9/h9,14H,3-6H2,1-2H3,(H,15,19). The smallest absolute Gasteiger partial charge is 0.293 e. The molecular weight excluding hydrogens is 274 g/mol. The zero-order chi connectivity index (χ0) is 14.8. The van der Waals surface area contributed by atoms with Gasteiger partial charge in [-0.05, 0) is 33.2 Å². The lowest BCUT2D eigenvalue weighted by molar-refractivity contribution is 0.0933. The monoisotopic (exact) mass is 291 g/mol. The van der Waals surface area contributed by atoms with Gasteiger partial charge in [-0.3, -0.25) is 4.79 Å². The Hall–Kier alpha value is -2.22. The molecule has 0 aromatic carbocycles. The van der Waals surface area contributed by atoms with E-state index in [0.717, 1.165) is 30.8 Å². The van der Waals surface area contributed by atoms with Crippen LogP contribution in [0.5, 0.6) is 0 Å². The van der Waals surface area contributed by atoms with E-state index < -0.39 is 5.91 Å². The molecule has 1 aliphatic heterocycles. The fourth-order valence-electron chi connectivity index (χ4n) is 2.21. The number of hydrogen-bond acceptors (Lipinski definition) is 7. The summed E-state index contributed by atoms with van der Waals surface area (Å²) in [5.41, 5.74) is 0.813. The Kier molecular flexibility index (Phi) is 3.70. The molecule has 0 radical (unpaired) electrons. The molecule has 0 aliphatic carbocycles. The molecule has 1 amide bonds. The summed E-state index contributed by atoms with van der Waals surface area (Å²) in [6.07, 6.45) is 2.01. The molecule has 1 aliphatic rings. The van der Waals surface area contributed by atoms with Gasteiger partial charge in [0.15, 0.2) is 0 Å². The quantitative estimate of drug-likeness (QED) is 0.866. The molecule has 1 saturated heterocycles. The highest BCUT2D eigenvalue weighted by Gasteiger charge is 2.24. The lowest BCUT2D eigenvalue weighted by atomic mass is 10.2. The van der Waals surface area contributed by atoms with Gasteiger partial charge < -0.3 is 19.6 Å². The van der Waals surface area contributed by atoms with Crippen LogP contribution in [0.4, 0.5) is 0 Å². The number of carbonyl (C=O) groups excluding carboxylic acids is 1. The first-order valence-corrected chi connectivity index (χ1v) is 6.91. The summed E-state index contributed by atoms with van der Waals surface area (Å²) in [4.78, 5) is 20.3. The maximum Gasteiger partial charge on any atom is 0.293 e. The van der Waals surface area contributed by atoms with Crippen LogP contribution in [0, 0.1) is 13.8 Å². The number of amides is 1. The van der Waals surface area contributed by atoms with Crippen molar-refractivity contribution in [2.24, 2.45) is 0 Å². The van der Waals surface area contributed by atoms with Crippen LogP contribution in [0.2, 0.25) is 0 Å². The summed E-state index contributed by atoms with van der Waals surface area (Å²) in [5, 5.41) is 9.60. The number of nitrogens with zero attached hydrogens (tertiary/aromatic N) is 3. The first-order valence-electron chi connectivity index (χ1n) is 6.91. The van der Waals surface area contributed by atoms with Gasteiger partial charge in [-0.2, -0.15) is 4.98 Å². The molecule has 2 N–H and O–H groups in total. The van der Waals surface area contributed by atoms with E-state index in [4.69, 9.17) is 8.94 Å². The third-order valence-corrected chi connectivity index (χ3v) is 3.48. The minimum atomic E-state index is -0.406. The molecule has 3 heterocycles. The number of rotatable bonds is 4. The molecular formula is C13H17N5O3. The van der Waals surface area contributed by atoms with Crippen molar-refractivity contribution in [1.82, 2.24) is 25.8 Å².